The van der Waals surface area contributed by atoms with Crippen LogP contribution < -0.4 is 5.32 Å². The first-order valence-corrected chi connectivity index (χ1v) is 13.0. The zero-order chi connectivity index (χ0) is 21.6. The summed E-state index contributed by atoms with van der Waals surface area (Å²) in [5.41, 5.74) is 1.79. The number of thiophene rings is 1. The predicted molar refractivity (Wildman–Crippen MR) is 126 cm³/mol. The molecule has 8 heteroatoms. The third-order valence-corrected chi connectivity index (χ3v) is 8.34. The fourth-order valence-electron chi connectivity index (χ4n) is 4.60. The van der Waals surface area contributed by atoms with Crippen LogP contribution in [0.3, 0.4) is 0 Å². The number of rotatable bonds is 8. The lowest BCUT2D eigenvalue weighted by Crippen LogP contribution is -2.15. The second-order valence-electron chi connectivity index (χ2n) is 8.37. The number of hydrogen-bond donors (Lipinski definition) is 1. The summed E-state index contributed by atoms with van der Waals surface area (Å²) in [5.74, 6) is 1.80. The molecule has 2 aromatic heterocycles. The molecule has 0 unspecified atom stereocenters. The number of aryl methyl sites for hydroxylation is 1. The molecule has 0 radical (unpaired) electrons. The molecule has 1 N–H and O–H groups in total. The van der Waals surface area contributed by atoms with Crippen LogP contribution in [0, 0.1) is 17.2 Å². The lowest BCUT2D eigenvalue weighted by Gasteiger charge is -2.21. The Morgan fingerprint density at radius 2 is 2.06 bits per heavy atom. The molecule has 0 atom stereocenters. The number of anilines is 1. The van der Waals surface area contributed by atoms with Crippen molar-refractivity contribution in [3.05, 3.63) is 34.5 Å². The van der Waals surface area contributed by atoms with E-state index in [1.807, 2.05) is 6.08 Å². The van der Waals surface area contributed by atoms with Crippen LogP contribution in [0.2, 0.25) is 0 Å². The van der Waals surface area contributed by atoms with E-state index in [-0.39, 0.29) is 11.7 Å². The molecule has 31 heavy (non-hydrogen) atoms. The Morgan fingerprint density at radius 3 is 2.84 bits per heavy atom. The van der Waals surface area contributed by atoms with Gasteiger partial charge in [0.25, 0.3) is 0 Å². The van der Waals surface area contributed by atoms with E-state index in [1.165, 1.54) is 48.7 Å². The normalized spacial score (nSPS) is 16.5. The van der Waals surface area contributed by atoms with Crippen LogP contribution in [0.1, 0.15) is 66.8 Å². The van der Waals surface area contributed by atoms with E-state index in [4.69, 9.17) is 0 Å². The third kappa shape index (κ3) is 5.21. The van der Waals surface area contributed by atoms with Gasteiger partial charge in [0.15, 0.2) is 5.16 Å². The van der Waals surface area contributed by atoms with Crippen molar-refractivity contribution in [3.8, 4) is 6.07 Å². The summed E-state index contributed by atoms with van der Waals surface area (Å²) in [6.07, 6.45) is 13.5. The van der Waals surface area contributed by atoms with Crippen LogP contribution in [-0.4, -0.2) is 26.4 Å². The van der Waals surface area contributed by atoms with Crippen molar-refractivity contribution in [2.24, 2.45) is 5.92 Å². The van der Waals surface area contributed by atoms with Gasteiger partial charge in [-0.3, -0.25) is 4.79 Å². The first kappa shape index (κ1) is 22.1. The zero-order valence-corrected chi connectivity index (χ0v) is 19.5. The molecule has 1 saturated carbocycles. The summed E-state index contributed by atoms with van der Waals surface area (Å²) >= 11 is 2.96. The van der Waals surface area contributed by atoms with Gasteiger partial charge in [0, 0.05) is 17.8 Å². The summed E-state index contributed by atoms with van der Waals surface area (Å²) in [4.78, 5) is 13.9. The summed E-state index contributed by atoms with van der Waals surface area (Å²) in [6, 6.07) is 2.30. The van der Waals surface area contributed by atoms with Crippen molar-refractivity contribution in [1.82, 2.24) is 14.8 Å². The van der Waals surface area contributed by atoms with Crippen LogP contribution in [-0.2, 0) is 30.6 Å². The average molecular weight is 456 g/mol. The number of amides is 1. The molecule has 1 fully saturated rings. The molecule has 0 bridgehead atoms. The number of thioether (sulfide) groups is 1. The van der Waals surface area contributed by atoms with E-state index in [0.29, 0.717) is 23.0 Å². The molecule has 4 rings (SSSR count). The number of carbonyl (C=O) groups excluding carboxylic acids is 1. The highest BCUT2D eigenvalue weighted by molar-refractivity contribution is 7.99. The van der Waals surface area contributed by atoms with Gasteiger partial charge in [-0.25, -0.2) is 0 Å². The van der Waals surface area contributed by atoms with Crippen molar-refractivity contribution in [2.45, 2.75) is 75.9 Å². The number of allylic oxidation sites excluding steroid dienone is 1. The van der Waals surface area contributed by atoms with Crippen LogP contribution >= 0.6 is 23.1 Å². The third-order valence-electron chi connectivity index (χ3n) is 6.17. The molecule has 164 valence electrons. The molecule has 2 heterocycles. The number of aromatic nitrogens is 3. The average Bonchev–Trinajstić information content (AvgIpc) is 3.33. The van der Waals surface area contributed by atoms with Gasteiger partial charge >= 0.3 is 0 Å². The predicted octanol–water partition coefficient (Wildman–Crippen LogP) is 5.13. The van der Waals surface area contributed by atoms with Gasteiger partial charge in [0.1, 0.15) is 16.9 Å². The number of carbonyl (C=O) groups is 1. The molecule has 2 aliphatic carbocycles. The van der Waals surface area contributed by atoms with Crippen LogP contribution in [0.15, 0.2) is 17.8 Å². The lowest BCUT2D eigenvalue weighted by molar-refractivity contribution is -0.113. The first-order valence-electron chi connectivity index (χ1n) is 11.2. The quantitative estimate of drug-likeness (QED) is 0.441. The van der Waals surface area contributed by atoms with Crippen LogP contribution in [0.4, 0.5) is 5.00 Å². The highest BCUT2D eigenvalue weighted by atomic mass is 32.2. The van der Waals surface area contributed by atoms with Gasteiger partial charge in [0.05, 0.1) is 11.3 Å². The first-order chi connectivity index (χ1) is 15.2. The van der Waals surface area contributed by atoms with Crippen molar-refractivity contribution in [3.63, 3.8) is 0 Å². The number of nitriles is 1. The molecule has 2 aliphatic rings. The zero-order valence-electron chi connectivity index (χ0n) is 17.9. The van der Waals surface area contributed by atoms with Crippen molar-refractivity contribution < 1.29 is 4.79 Å². The molecular weight excluding hydrogens is 426 g/mol. The molecule has 0 aromatic carbocycles. The van der Waals surface area contributed by atoms with Gasteiger partial charge in [-0.2, -0.15) is 5.26 Å². The molecule has 0 spiro atoms. The van der Waals surface area contributed by atoms with E-state index in [1.54, 1.807) is 11.3 Å². The Balaban J connectivity index is 1.39. The van der Waals surface area contributed by atoms with Crippen LogP contribution in [0.5, 0.6) is 0 Å². The largest absolute Gasteiger partial charge is 0.316 e. The second kappa shape index (κ2) is 10.5. The molecule has 0 saturated heterocycles. The molecule has 2 aromatic rings. The highest BCUT2D eigenvalue weighted by Crippen LogP contribution is 2.37. The van der Waals surface area contributed by atoms with E-state index in [9.17, 15) is 10.1 Å². The maximum absolute atomic E-state index is 12.6. The van der Waals surface area contributed by atoms with E-state index < -0.39 is 0 Å². The number of nitrogens with one attached hydrogen (secondary N) is 1. The topological polar surface area (TPSA) is 83.6 Å². The van der Waals surface area contributed by atoms with Crippen molar-refractivity contribution in [2.75, 3.05) is 11.1 Å². The van der Waals surface area contributed by atoms with Gasteiger partial charge in [0.2, 0.25) is 5.91 Å². The number of hydrogen-bond acceptors (Lipinski definition) is 6. The van der Waals surface area contributed by atoms with Gasteiger partial charge in [-0.15, -0.1) is 28.1 Å². The minimum absolute atomic E-state index is 0.109. The summed E-state index contributed by atoms with van der Waals surface area (Å²) in [7, 11) is 0. The standard InChI is InChI=1S/C23H29N5OS2/c1-2-12-28-20(13-16-8-4-3-5-9-16)26-27-23(28)30-15-21(29)25-22-18(14-24)17-10-6-7-11-19(17)31-22/h2,16H,1,3-13,15H2,(H,25,29). The molecule has 1 amide bonds. The monoisotopic (exact) mass is 455 g/mol. The maximum Gasteiger partial charge on any atom is 0.235 e. The summed E-state index contributed by atoms with van der Waals surface area (Å²) in [5, 5.41) is 22.8. The van der Waals surface area contributed by atoms with Gasteiger partial charge in [-0.05, 0) is 37.2 Å². The SMILES string of the molecule is C=CCn1c(CC2CCCCC2)nnc1SCC(=O)Nc1sc2c(c1C#N)CCCC2. The Morgan fingerprint density at radius 1 is 1.26 bits per heavy atom. The highest BCUT2D eigenvalue weighted by Gasteiger charge is 2.23. The summed E-state index contributed by atoms with van der Waals surface area (Å²) in [6.45, 7) is 4.52. The Hall–Kier alpha value is -2.11. The van der Waals surface area contributed by atoms with Gasteiger partial charge in [-0.1, -0.05) is 49.9 Å². The van der Waals surface area contributed by atoms with E-state index in [0.717, 1.165) is 48.6 Å². The van der Waals surface area contributed by atoms with Crippen molar-refractivity contribution >= 4 is 34.0 Å². The Labute approximate surface area is 192 Å². The number of fused-ring (bicyclic) bond motifs is 1. The summed E-state index contributed by atoms with van der Waals surface area (Å²) < 4.78 is 2.09. The number of nitrogens with zero attached hydrogens (tertiary/aromatic N) is 4. The van der Waals surface area contributed by atoms with Crippen molar-refractivity contribution in [1.29, 1.82) is 5.26 Å². The smallest absolute Gasteiger partial charge is 0.235 e. The maximum atomic E-state index is 12.6. The van der Waals surface area contributed by atoms with E-state index >= 15 is 0 Å². The Kier molecular flexibility index (Phi) is 7.46. The van der Waals surface area contributed by atoms with E-state index in [2.05, 4.69) is 32.7 Å². The fourth-order valence-corrected chi connectivity index (χ4v) is 6.63. The molecule has 6 nitrogen and oxygen atoms in total. The second-order valence-corrected chi connectivity index (χ2v) is 10.4. The fraction of sp³-hybridized carbons (Fsp3) is 0.565. The Bertz CT molecular complexity index is 981. The van der Waals surface area contributed by atoms with Gasteiger partial charge < -0.3 is 9.88 Å². The lowest BCUT2D eigenvalue weighted by atomic mass is 9.87. The minimum atomic E-state index is -0.109. The molecular formula is C23H29N5OS2. The van der Waals surface area contributed by atoms with Crippen LogP contribution in [0.25, 0.3) is 0 Å². The minimum Gasteiger partial charge on any atom is -0.316 e. The molecule has 0 aliphatic heterocycles.